The van der Waals surface area contributed by atoms with E-state index in [0.717, 1.165) is 44.8 Å². The Balaban J connectivity index is 1.49. The molecule has 0 spiro atoms. The first-order valence-corrected chi connectivity index (χ1v) is 10.0. The average molecular weight is 389 g/mol. The zero-order valence-corrected chi connectivity index (χ0v) is 16.1. The maximum atomic E-state index is 10.8. The number of fused-ring (bicyclic) bond motifs is 1. The molecule has 0 aromatic heterocycles. The SMILES string of the molecule is O=[N+]([O-])c1ccc(/C=N/N=C2\C3CN4CCN(C3)CC2(c2ccccc2)C4)cc1. The van der Waals surface area contributed by atoms with Crippen LogP contribution in [0.3, 0.4) is 0 Å². The van der Waals surface area contributed by atoms with Crippen LogP contribution in [0.1, 0.15) is 11.1 Å². The van der Waals surface area contributed by atoms with E-state index >= 15 is 0 Å². The van der Waals surface area contributed by atoms with Crippen LogP contribution in [0.15, 0.2) is 64.8 Å². The van der Waals surface area contributed by atoms with Gasteiger partial charge in [-0.05, 0) is 23.3 Å². The summed E-state index contributed by atoms with van der Waals surface area (Å²) in [6.45, 7) is 6.27. The van der Waals surface area contributed by atoms with E-state index in [1.54, 1.807) is 18.3 Å². The van der Waals surface area contributed by atoms with Crippen molar-refractivity contribution in [1.29, 1.82) is 0 Å². The Kier molecular flexibility index (Phi) is 4.49. The molecule has 4 bridgehead atoms. The van der Waals surface area contributed by atoms with E-state index in [1.807, 2.05) is 0 Å². The van der Waals surface area contributed by atoms with Gasteiger partial charge in [0.2, 0.25) is 0 Å². The monoisotopic (exact) mass is 389 g/mol. The molecule has 0 N–H and O–H groups in total. The predicted molar refractivity (Wildman–Crippen MR) is 113 cm³/mol. The summed E-state index contributed by atoms with van der Waals surface area (Å²) in [4.78, 5) is 15.6. The Morgan fingerprint density at radius 1 is 1.00 bits per heavy atom. The molecule has 4 heterocycles. The minimum absolute atomic E-state index is 0.0804. The number of rotatable bonds is 4. The number of hydrogen-bond donors (Lipinski definition) is 0. The van der Waals surface area contributed by atoms with Crippen molar-refractivity contribution in [2.24, 2.45) is 16.1 Å². The van der Waals surface area contributed by atoms with Gasteiger partial charge in [0.05, 0.1) is 22.3 Å². The molecule has 4 aliphatic heterocycles. The summed E-state index contributed by atoms with van der Waals surface area (Å²) < 4.78 is 0. The summed E-state index contributed by atoms with van der Waals surface area (Å²) in [5, 5.41) is 20.0. The summed E-state index contributed by atoms with van der Waals surface area (Å²) in [7, 11) is 0. The largest absolute Gasteiger partial charge is 0.300 e. The van der Waals surface area contributed by atoms with E-state index in [1.165, 1.54) is 23.4 Å². The fourth-order valence-corrected chi connectivity index (χ4v) is 5.08. The Labute approximate surface area is 169 Å². The lowest BCUT2D eigenvalue weighted by Gasteiger charge is -2.50. The van der Waals surface area contributed by atoms with Crippen LogP contribution in [0.25, 0.3) is 0 Å². The van der Waals surface area contributed by atoms with Crippen molar-refractivity contribution in [2.75, 3.05) is 39.3 Å². The van der Waals surface area contributed by atoms with Gasteiger partial charge in [0.1, 0.15) is 0 Å². The van der Waals surface area contributed by atoms with E-state index in [0.29, 0.717) is 5.92 Å². The van der Waals surface area contributed by atoms with Gasteiger partial charge in [-0.3, -0.25) is 10.1 Å². The molecule has 0 radical (unpaired) electrons. The lowest BCUT2D eigenvalue weighted by atomic mass is 9.66. The maximum absolute atomic E-state index is 10.8. The zero-order valence-electron chi connectivity index (χ0n) is 16.1. The molecule has 4 aliphatic rings. The molecule has 0 amide bonds. The van der Waals surface area contributed by atoms with Gasteiger partial charge in [-0.25, -0.2) is 0 Å². The standard InChI is InChI=1S/C22H23N5O2/c28-27(29)20-8-6-17(7-9-20)12-23-24-21-18-13-25-10-11-26(14-18)16-22(21,15-25)19-4-2-1-3-5-19/h1-9,12,18H,10-11,13-16H2/b23-12+,24-21+. The number of nitro groups is 1. The summed E-state index contributed by atoms with van der Waals surface area (Å²) in [5.74, 6) is 0.384. The number of non-ortho nitro benzene ring substituents is 1. The topological polar surface area (TPSA) is 74.3 Å². The van der Waals surface area contributed by atoms with Crippen LogP contribution in [0, 0.1) is 16.0 Å². The fourth-order valence-electron chi connectivity index (χ4n) is 5.08. The molecule has 7 heteroatoms. The van der Waals surface area contributed by atoms with Crippen molar-refractivity contribution >= 4 is 17.6 Å². The smallest absolute Gasteiger partial charge is 0.269 e. The van der Waals surface area contributed by atoms with Gasteiger partial charge >= 0.3 is 0 Å². The van der Waals surface area contributed by atoms with Crippen molar-refractivity contribution in [3.63, 3.8) is 0 Å². The minimum Gasteiger partial charge on any atom is -0.300 e. The Morgan fingerprint density at radius 3 is 2.28 bits per heavy atom. The van der Waals surface area contributed by atoms with E-state index in [4.69, 9.17) is 5.10 Å². The van der Waals surface area contributed by atoms with Crippen molar-refractivity contribution in [1.82, 2.24) is 9.80 Å². The molecular formula is C22H23N5O2. The highest BCUT2D eigenvalue weighted by atomic mass is 16.6. The van der Waals surface area contributed by atoms with Crippen molar-refractivity contribution in [3.05, 3.63) is 75.8 Å². The van der Waals surface area contributed by atoms with Gasteiger partial charge in [0, 0.05) is 57.3 Å². The second-order valence-corrected chi connectivity index (χ2v) is 8.19. The van der Waals surface area contributed by atoms with Gasteiger partial charge in [0.25, 0.3) is 5.69 Å². The van der Waals surface area contributed by atoms with Crippen molar-refractivity contribution < 1.29 is 4.92 Å². The zero-order chi connectivity index (χ0) is 19.8. The first-order valence-electron chi connectivity index (χ1n) is 10.0. The third kappa shape index (κ3) is 3.26. The van der Waals surface area contributed by atoms with Crippen LogP contribution in [0.4, 0.5) is 5.69 Å². The second kappa shape index (κ2) is 7.17. The first kappa shape index (κ1) is 18.1. The average Bonchev–Trinajstić information content (AvgIpc) is 2.99. The van der Waals surface area contributed by atoms with Gasteiger partial charge < -0.3 is 9.80 Å². The van der Waals surface area contributed by atoms with Crippen LogP contribution in [-0.4, -0.2) is 65.9 Å². The molecule has 2 aromatic rings. The van der Waals surface area contributed by atoms with E-state index in [2.05, 4.69) is 45.2 Å². The van der Waals surface area contributed by atoms with Crippen LogP contribution in [0.2, 0.25) is 0 Å². The normalized spacial score (nSPS) is 32.0. The van der Waals surface area contributed by atoms with Gasteiger partial charge in [0.15, 0.2) is 0 Å². The number of nitrogens with zero attached hydrogens (tertiary/aromatic N) is 5. The molecule has 0 aliphatic carbocycles. The molecule has 2 atom stereocenters. The van der Waals surface area contributed by atoms with Crippen LogP contribution in [-0.2, 0) is 5.41 Å². The highest BCUT2D eigenvalue weighted by molar-refractivity contribution is 5.99. The van der Waals surface area contributed by atoms with Crippen LogP contribution >= 0.6 is 0 Å². The minimum atomic E-state index is -0.396. The third-order valence-corrected chi connectivity index (χ3v) is 6.36. The van der Waals surface area contributed by atoms with Crippen LogP contribution in [0.5, 0.6) is 0 Å². The highest BCUT2D eigenvalue weighted by Crippen LogP contribution is 2.41. The fraction of sp³-hybridized carbons (Fsp3) is 0.364. The Hall–Kier alpha value is -2.90. The van der Waals surface area contributed by atoms with E-state index < -0.39 is 4.92 Å². The van der Waals surface area contributed by atoms with Gasteiger partial charge in [-0.1, -0.05) is 30.3 Å². The van der Waals surface area contributed by atoms with Gasteiger partial charge in [-0.15, -0.1) is 0 Å². The molecule has 4 fully saturated rings. The number of piperidine rings is 2. The molecule has 6 rings (SSSR count). The Bertz CT molecular complexity index is 954. The van der Waals surface area contributed by atoms with Crippen molar-refractivity contribution in [2.45, 2.75) is 5.41 Å². The summed E-state index contributed by atoms with van der Waals surface area (Å²) in [6.07, 6.45) is 1.69. The predicted octanol–water partition coefficient (Wildman–Crippen LogP) is 2.57. The maximum Gasteiger partial charge on any atom is 0.269 e. The number of nitro benzene ring substituents is 1. The number of hydrogen-bond acceptors (Lipinski definition) is 6. The molecule has 0 saturated carbocycles. The van der Waals surface area contributed by atoms with Crippen LogP contribution < -0.4 is 0 Å². The third-order valence-electron chi connectivity index (χ3n) is 6.36. The molecule has 4 saturated heterocycles. The molecule has 2 aromatic carbocycles. The summed E-state index contributed by atoms with van der Waals surface area (Å²) in [6, 6.07) is 17.1. The van der Waals surface area contributed by atoms with E-state index in [9.17, 15) is 10.1 Å². The lowest BCUT2D eigenvalue weighted by molar-refractivity contribution is -0.384. The second-order valence-electron chi connectivity index (χ2n) is 8.19. The van der Waals surface area contributed by atoms with Gasteiger partial charge in [-0.2, -0.15) is 10.2 Å². The molecule has 2 unspecified atom stereocenters. The molecule has 148 valence electrons. The summed E-state index contributed by atoms with van der Waals surface area (Å²) in [5.41, 5.74) is 3.26. The Morgan fingerprint density at radius 2 is 1.66 bits per heavy atom. The molecule has 7 nitrogen and oxygen atoms in total. The molecular weight excluding hydrogens is 366 g/mol. The van der Waals surface area contributed by atoms with Crippen molar-refractivity contribution in [3.8, 4) is 0 Å². The highest BCUT2D eigenvalue weighted by Gasteiger charge is 2.53. The van der Waals surface area contributed by atoms with E-state index in [-0.39, 0.29) is 11.1 Å². The molecule has 29 heavy (non-hydrogen) atoms. The quantitative estimate of drug-likeness (QED) is 0.458. The summed E-state index contributed by atoms with van der Waals surface area (Å²) >= 11 is 0. The number of benzene rings is 2. The lowest BCUT2D eigenvalue weighted by Crippen LogP contribution is -2.63. The first-order chi connectivity index (χ1) is 14.1.